The molecule has 0 aliphatic rings. The molecule has 7 nitrogen and oxygen atoms in total. The molecule has 100 valence electrons. The Balaban J connectivity index is 1.98. The summed E-state index contributed by atoms with van der Waals surface area (Å²) in [5.74, 6) is 0.0676. The van der Waals surface area contributed by atoms with Gasteiger partial charge < -0.3 is 4.74 Å². The fourth-order valence-corrected chi connectivity index (χ4v) is 1.81. The van der Waals surface area contributed by atoms with Gasteiger partial charge in [0.25, 0.3) is 0 Å². The number of aromatic nitrogens is 5. The van der Waals surface area contributed by atoms with Crippen molar-refractivity contribution in [2.75, 3.05) is 0 Å². The largest absolute Gasteiger partial charge is 0.454 e. The predicted octanol–water partition coefficient (Wildman–Crippen LogP) is 1.60. The summed E-state index contributed by atoms with van der Waals surface area (Å²) >= 11 is 3.25. The second-order valence-electron chi connectivity index (χ2n) is 3.79. The zero-order chi connectivity index (χ0) is 13.7. The van der Waals surface area contributed by atoms with Gasteiger partial charge in [-0.3, -0.25) is 4.98 Å². The van der Waals surface area contributed by atoms with Crippen molar-refractivity contribution in [1.29, 1.82) is 0 Å². The van der Waals surface area contributed by atoms with E-state index in [1.165, 1.54) is 6.20 Å². The van der Waals surface area contributed by atoms with Crippen molar-refractivity contribution in [3.8, 4) is 0 Å². The van der Waals surface area contributed by atoms with Gasteiger partial charge in [-0.05, 0) is 38.8 Å². The summed E-state index contributed by atoms with van der Waals surface area (Å²) in [6, 6.07) is 1.64. The van der Waals surface area contributed by atoms with Crippen LogP contribution in [0.2, 0.25) is 0 Å². The molecule has 0 saturated heterocycles. The van der Waals surface area contributed by atoms with Crippen LogP contribution in [0.15, 0.2) is 22.9 Å². The number of nitrogens with zero attached hydrogens (tertiary/aromatic N) is 5. The van der Waals surface area contributed by atoms with Gasteiger partial charge >= 0.3 is 5.97 Å². The maximum Gasteiger partial charge on any atom is 0.340 e. The van der Waals surface area contributed by atoms with Crippen LogP contribution < -0.4 is 0 Å². The standard InChI is InChI=1S/C11H12BrN5O2/c1-2-3-17-10(14-15-16-17)7-19-11(18)8-4-9(12)6-13-5-8/h4-6H,2-3,7H2,1H3. The van der Waals surface area contributed by atoms with Crippen molar-refractivity contribution in [2.45, 2.75) is 26.5 Å². The van der Waals surface area contributed by atoms with Crippen LogP contribution in [0.4, 0.5) is 0 Å². The lowest BCUT2D eigenvalue weighted by Crippen LogP contribution is -2.11. The van der Waals surface area contributed by atoms with Crippen LogP contribution in [0, 0.1) is 0 Å². The van der Waals surface area contributed by atoms with Crippen molar-refractivity contribution in [2.24, 2.45) is 0 Å². The van der Waals surface area contributed by atoms with E-state index in [0.717, 1.165) is 10.9 Å². The Labute approximate surface area is 118 Å². The maximum atomic E-state index is 11.8. The lowest BCUT2D eigenvalue weighted by molar-refractivity contribution is 0.0456. The first-order valence-corrected chi connectivity index (χ1v) is 6.52. The van der Waals surface area contributed by atoms with Crippen LogP contribution in [0.3, 0.4) is 0 Å². The molecule has 0 spiro atoms. The highest BCUT2D eigenvalue weighted by Crippen LogP contribution is 2.11. The minimum absolute atomic E-state index is 0.0400. The van der Waals surface area contributed by atoms with Crippen molar-refractivity contribution >= 4 is 21.9 Å². The van der Waals surface area contributed by atoms with Crippen LogP contribution >= 0.6 is 15.9 Å². The molecule has 0 atom stereocenters. The number of rotatable bonds is 5. The number of hydrogen-bond acceptors (Lipinski definition) is 6. The van der Waals surface area contributed by atoms with Gasteiger partial charge in [-0.25, -0.2) is 9.48 Å². The first-order valence-electron chi connectivity index (χ1n) is 5.73. The van der Waals surface area contributed by atoms with E-state index in [2.05, 4.69) is 36.4 Å². The zero-order valence-electron chi connectivity index (χ0n) is 10.3. The topological polar surface area (TPSA) is 82.8 Å². The van der Waals surface area contributed by atoms with E-state index in [1.54, 1.807) is 16.9 Å². The average molecular weight is 326 g/mol. The van der Waals surface area contributed by atoms with E-state index in [9.17, 15) is 4.79 Å². The Hall–Kier alpha value is -1.83. The normalized spacial score (nSPS) is 10.4. The quantitative estimate of drug-likeness (QED) is 0.776. The number of pyridine rings is 1. The van der Waals surface area contributed by atoms with Crippen molar-refractivity contribution in [1.82, 2.24) is 25.2 Å². The molecule has 0 N–H and O–H groups in total. The number of hydrogen-bond donors (Lipinski definition) is 0. The highest BCUT2D eigenvalue weighted by atomic mass is 79.9. The SMILES string of the molecule is CCCn1nnnc1COC(=O)c1cncc(Br)c1. The first-order chi connectivity index (χ1) is 9.20. The van der Waals surface area contributed by atoms with Gasteiger partial charge in [-0.2, -0.15) is 0 Å². The number of carbonyl (C=O) groups excluding carboxylic acids is 1. The number of carbonyl (C=O) groups is 1. The second kappa shape index (κ2) is 6.37. The first kappa shape index (κ1) is 13.6. The Bertz CT molecular complexity index is 572. The van der Waals surface area contributed by atoms with Crippen LogP contribution in [0.1, 0.15) is 29.5 Å². The molecule has 0 amide bonds. The number of aryl methyl sites for hydroxylation is 1. The number of halogens is 1. The van der Waals surface area contributed by atoms with Gasteiger partial charge in [-0.15, -0.1) is 5.10 Å². The maximum absolute atomic E-state index is 11.8. The van der Waals surface area contributed by atoms with Gasteiger partial charge in [0.1, 0.15) is 0 Å². The molecule has 2 aromatic heterocycles. The molecule has 2 rings (SSSR count). The van der Waals surface area contributed by atoms with Gasteiger partial charge in [-0.1, -0.05) is 6.92 Å². The molecule has 0 radical (unpaired) electrons. The second-order valence-corrected chi connectivity index (χ2v) is 4.70. The summed E-state index contributed by atoms with van der Waals surface area (Å²) in [6.07, 6.45) is 3.95. The smallest absolute Gasteiger partial charge is 0.340 e. The molecule has 0 aliphatic heterocycles. The van der Waals surface area contributed by atoms with E-state index < -0.39 is 5.97 Å². The molecule has 0 saturated carbocycles. The Morgan fingerprint density at radius 1 is 1.47 bits per heavy atom. The van der Waals surface area contributed by atoms with Gasteiger partial charge in [0, 0.05) is 23.4 Å². The van der Waals surface area contributed by atoms with Crippen molar-refractivity contribution in [3.05, 3.63) is 34.3 Å². The van der Waals surface area contributed by atoms with Crippen LogP contribution in [-0.4, -0.2) is 31.2 Å². The molecular formula is C11H12BrN5O2. The summed E-state index contributed by atoms with van der Waals surface area (Å²) in [6.45, 7) is 2.75. The molecule has 2 aromatic rings. The molecule has 0 aliphatic carbocycles. The lowest BCUT2D eigenvalue weighted by atomic mass is 10.3. The summed E-state index contributed by atoms with van der Waals surface area (Å²) in [5.41, 5.74) is 0.379. The minimum Gasteiger partial charge on any atom is -0.454 e. The fourth-order valence-electron chi connectivity index (χ4n) is 1.45. The molecule has 0 bridgehead atoms. The fraction of sp³-hybridized carbons (Fsp3) is 0.364. The van der Waals surface area contributed by atoms with E-state index in [0.29, 0.717) is 17.9 Å². The van der Waals surface area contributed by atoms with E-state index in [4.69, 9.17) is 4.74 Å². The number of ether oxygens (including phenoxy) is 1. The molecule has 0 unspecified atom stereocenters. The molecular weight excluding hydrogens is 314 g/mol. The zero-order valence-corrected chi connectivity index (χ0v) is 11.9. The van der Waals surface area contributed by atoms with Crippen molar-refractivity contribution in [3.63, 3.8) is 0 Å². The van der Waals surface area contributed by atoms with E-state index in [-0.39, 0.29) is 6.61 Å². The van der Waals surface area contributed by atoms with Crippen molar-refractivity contribution < 1.29 is 9.53 Å². The van der Waals surface area contributed by atoms with E-state index >= 15 is 0 Å². The monoisotopic (exact) mass is 325 g/mol. The predicted molar refractivity (Wildman–Crippen MR) is 69.2 cm³/mol. The Morgan fingerprint density at radius 3 is 3.05 bits per heavy atom. The van der Waals surface area contributed by atoms with E-state index in [1.807, 2.05) is 6.92 Å². The molecule has 19 heavy (non-hydrogen) atoms. The highest BCUT2D eigenvalue weighted by Gasteiger charge is 2.11. The van der Waals surface area contributed by atoms with Crippen LogP contribution in [0.5, 0.6) is 0 Å². The molecule has 0 aromatic carbocycles. The number of esters is 1. The Morgan fingerprint density at radius 2 is 2.32 bits per heavy atom. The summed E-state index contributed by atoms with van der Waals surface area (Å²) in [4.78, 5) is 15.7. The summed E-state index contributed by atoms with van der Waals surface area (Å²) < 4.78 is 7.49. The summed E-state index contributed by atoms with van der Waals surface area (Å²) in [7, 11) is 0. The summed E-state index contributed by atoms with van der Waals surface area (Å²) in [5, 5.41) is 11.2. The average Bonchev–Trinajstić information content (AvgIpc) is 2.84. The highest BCUT2D eigenvalue weighted by molar-refractivity contribution is 9.10. The third-order valence-corrected chi connectivity index (χ3v) is 2.75. The Kier molecular flexibility index (Phi) is 4.56. The van der Waals surface area contributed by atoms with Gasteiger partial charge in [0.05, 0.1) is 5.56 Å². The van der Waals surface area contributed by atoms with Crippen LogP contribution in [-0.2, 0) is 17.9 Å². The third kappa shape index (κ3) is 3.57. The molecule has 0 fully saturated rings. The number of tetrazole rings is 1. The van der Waals surface area contributed by atoms with Gasteiger partial charge in [0.2, 0.25) is 0 Å². The molecule has 2 heterocycles. The lowest BCUT2D eigenvalue weighted by Gasteiger charge is -2.05. The van der Waals surface area contributed by atoms with Gasteiger partial charge in [0.15, 0.2) is 12.4 Å². The minimum atomic E-state index is -0.458. The molecule has 8 heteroatoms. The van der Waals surface area contributed by atoms with Crippen LogP contribution in [0.25, 0.3) is 0 Å². The third-order valence-electron chi connectivity index (χ3n) is 2.31.